The number of benzene rings is 5. The molecule has 1 unspecified atom stereocenters. The molecule has 8 N–H and O–H groups in total. The van der Waals surface area contributed by atoms with Crippen molar-refractivity contribution in [3.05, 3.63) is 182 Å². The molecule has 0 amide bonds. The Balaban J connectivity index is 1.13. The lowest BCUT2D eigenvalue weighted by molar-refractivity contribution is 0.164. The monoisotopic (exact) mass is 906 g/mol. The summed E-state index contributed by atoms with van der Waals surface area (Å²) in [5.74, 6) is 3.08. The highest BCUT2D eigenvalue weighted by Crippen LogP contribution is 2.28. The van der Waals surface area contributed by atoms with E-state index in [1.54, 1.807) is 60.7 Å². The first-order valence-electron chi connectivity index (χ1n) is 21.6. The van der Waals surface area contributed by atoms with Crippen LogP contribution in [0.1, 0.15) is 62.1 Å². The van der Waals surface area contributed by atoms with Gasteiger partial charge in [0.2, 0.25) is 0 Å². The van der Waals surface area contributed by atoms with Crippen molar-refractivity contribution >= 4 is 0 Å². The second-order valence-electron chi connectivity index (χ2n) is 15.8. The minimum atomic E-state index is -0.201. The van der Waals surface area contributed by atoms with Gasteiger partial charge >= 0.3 is 0 Å². The predicted molar refractivity (Wildman–Crippen MR) is 244 cm³/mol. The third-order valence-electron chi connectivity index (χ3n) is 10.4. The summed E-state index contributed by atoms with van der Waals surface area (Å²) < 4.78 is 36.8. The van der Waals surface area contributed by atoms with E-state index in [0.29, 0.717) is 79.9 Å². The van der Waals surface area contributed by atoms with Gasteiger partial charge in [-0.1, -0.05) is 24.3 Å². The standard InChI is InChI=1S/C52H58O14/c53-23-35-5-36(24-54)12-49(11-35)63-31-43-9-44(32-64-50-13-37(25-55)6-38(14-50)26-56)20-47(19-43)61-3-1-2-4-62-48-21-45(33-65-51-15-39(27-57)7-40(16-51)28-58)10-46(22-48)34-66-52-17-41(29-59)8-42(18-52)30-60/h1-2,5-17,19-22,42,53-60H,3-4,18,23-34H2/b2-1-. The van der Waals surface area contributed by atoms with Crippen LogP contribution in [-0.2, 0) is 70.8 Å². The molecular weight excluding hydrogens is 849 g/mol. The van der Waals surface area contributed by atoms with Gasteiger partial charge in [0.25, 0.3) is 0 Å². The number of aliphatic hydroxyl groups is 8. The van der Waals surface area contributed by atoms with Crippen molar-refractivity contribution in [1.29, 1.82) is 0 Å². The smallest absolute Gasteiger partial charge is 0.120 e. The van der Waals surface area contributed by atoms with Gasteiger partial charge in [0, 0.05) is 18.9 Å². The minimum Gasteiger partial charge on any atom is -0.493 e. The van der Waals surface area contributed by atoms with E-state index in [4.69, 9.17) is 28.4 Å². The summed E-state index contributed by atoms with van der Waals surface area (Å²) in [4.78, 5) is 0. The van der Waals surface area contributed by atoms with E-state index >= 15 is 0 Å². The van der Waals surface area contributed by atoms with E-state index in [9.17, 15) is 40.9 Å². The molecule has 350 valence electrons. The highest BCUT2D eigenvalue weighted by molar-refractivity contribution is 5.40. The largest absolute Gasteiger partial charge is 0.493 e. The van der Waals surface area contributed by atoms with E-state index < -0.39 is 0 Å². The van der Waals surface area contributed by atoms with Crippen LogP contribution in [0.5, 0.6) is 28.7 Å². The molecule has 5 aromatic rings. The van der Waals surface area contributed by atoms with Crippen molar-refractivity contribution in [2.45, 2.75) is 72.5 Å². The summed E-state index contributed by atoms with van der Waals surface area (Å²) >= 11 is 0. The Hall–Kier alpha value is -6.20. The summed E-state index contributed by atoms with van der Waals surface area (Å²) in [6, 6.07) is 26.7. The Morgan fingerprint density at radius 1 is 0.364 bits per heavy atom. The fraction of sp³-hybridized carbons (Fsp3) is 0.308. The van der Waals surface area contributed by atoms with Crippen molar-refractivity contribution in [3.8, 4) is 28.7 Å². The third-order valence-corrected chi connectivity index (χ3v) is 10.4. The first-order valence-corrected chi connectivity index (χ1v) is 21.6. The fourth-order valence-corrected chi connectivity index (χ4v) is 7.29. The van der Waals surface area contributed by atoms with Crippen LogP contribution in [-0.4, -0.2) is 67.3 Å². The zero-order valence-corrected chi connectivity index (χ0v) is 36.7. The van der Waals surface area contributed by atoms with Crippen molar-refractivity contribution in [2.24, 2.45) is 5.92 Å². The molecule has 1 aliphatic carbocycles. The average molecular weight is 907 g/mol. The molecule has 1 aliphatic rings. The molecule has 66 heavy (non-hydrogen) atoms. The summed E-state index contributed by atoms with van der Waals surface area (Å²) in [6.07, 6.45) is 7.79. The second-order valence-corrected chi connectivity index (χ2v) is 15.8. The molecule has 14 heteroatoms. The van der Waals surface area contributed by atoms with Crippen molar-refractivity contribution in [2.75, 3.05) is 26.4 Å². The number of allylic oxidation sites excluding steroid dienone is 1. The van der Waals surface area contributed by atoms with Crippen LogP contribution in [0.3, 0.4) is 0 Å². The molecule has 0 bridgehead atoms. The molecule has 0 saturated heterocycles. The zero-order valence-electron chi connectivity index (χ0n) is 36.7. The molecule has 1 atom stereocenters. The van der Waals surface area contributed by atoms with Crippen LogP contribution in [0, 0.1) is 5.92 Å². The predicted octanol–water partition coefficient (Wildman–Crippen LogP) is 5.72. The summed E-state index contributed by atoms with van der Waals surface area (Å²) in [6.45, 7) is -0.357. The first kappa shape index (κ1) is 49.2. The lowest BCUT2D eigenvalue weighted by Crippen LogP contribution is -2.12. The Bertz CT molecular complexity index is 2300. The Labute approximate surface area is 384 Å². The maximum Gasteiger partial charge on any atom is 0.120 e. The van der Waals surface area contributed by atoms with Crippen molar-refractivity contribution in [1.82, 2.24) is 0 Å². The highest BCUT2D eigenvalue weighted by Gasteiger charge is 2.16. The van der Waals surface area contributed by atoms with Gasteiger partial charge in [0.15, 0.2) is 0 Å². The highest BCUT2D eigenvalue weighted by atomic mass is 16.5. The van der Waals surface area contributed by atoms with Crippen molar-refractivity contribution < 1.29 is 69.3 Å². The lowest BCUT2D eigenvalue weighted by atomic mass is 9.96. The van der Waals surface area contributed by atoms with Crippen LogP contribution >= 0.6 is 0 Å². The van der Waals surface area contributed by atoms with Gasteiger partial charge in [0.1, 0.15) is 68.4 Å². The molecule has 0 spiro atoms. The number of hydrogen-bond donors (Lipinski definition) is 8. The Morgan fingerprint density at radius 3 is 0.985 bits per heavy atom. The van der Waals surface area contributed by atoms with Gasteiger partial charge in [-0.2, -0.15) is 0 Å². The van der Waals surface area contributed by atoms with Gasteiger partial charge in [-0.3, -0.25) is 0 Å². The average Bonchev–Trinajstić information content (AvgIpc) is 3.36. The van der Waals surface area contributed by atoms with Crippen LogP contribution in [0.4, 0.5) is 0 Å². The van der Waals surface area contributed by atoms with E-state index in [2.05, 4.69) is 0 Å². The summed E-state index contributed by atoms with van der Waals surface area (Å²) in [5, 5.41) is 77.7. The van der Waals surface area contributed by atoms with Gasteiger partial charge in [-0.05, 0) is 152 Å². The molecule has 0 heterocycles. The molecule has 0 saturated carbocycles. The molecule has 0 aliphatic heterocycles. The summed E-state index contributed by atoms with van der Waals surface area (Å²) in [7, 11) is 0. The first-order chi connectivity index (χ1) is 32.2. The molecular formula is C52H58O14. The maximum absolute atomic E-state index is 9.77. The van der Waals surface area contributed by atoms with Gasteiger partial charge < -0.3 is 69.3 Å². The van der Waals surface area contributed by atoms with Crippen LogP contribution in [0.25, 0.3) is 0 Å². The fourth-order valence-electron chi connectivity index (χ4n) is 7.29. The van der Waals surface area contributed by atoms with Gasteiger partial charge in [-0.15, -0.1) is 0 Å². The molecule has 6 rings (SSSR count). The van der Waals surface area contributed by atoms with E-state index in [-0.39, 0.29) is 98.4 Å². The van der Waals surface area contributed by atoms with Crippen LogP contribution < -0.4 is 23.7 Å². The number of ether oxygens (including phenoxy) is 6. The quantitative estimate of drug-likeness (QED) is 0.0312. The van der Waals surface area contributed by atoms with Gasteiger partial charge in [0.05, 0.1) is 52.0 Å². The number of aliphatic hydroxyl groups excluding tert-OH is 8. The number of hydrogen-bond acceptors (Lipinski definition) is 14. The van der Waals surface area contributed by atoms with Crippen LogP contribution in [0.2, 0.25) is 0 Å². The second kappa shape index (κ2) is 25.5. The van der Waals surface area contributed by atoms with E-state index in [1.807, 2.05) is 54.6 Å². The maximum atomic E-state index is 9.77. The Morgan fingerprint density at radius 2 is 0.667 bits per heavy atom. The SMILES string of the molecule is OCC1=CC(CO)CC(OCc2cc(COc3cc(CO)cc(CO)c3)cc(OC/C=C\COc3cc(COc4cc(CO)cc(CO)c4)cc(COc4cc(CO)cc(CO)c4)c3)c2)=C1. The minimum absolute atomic E-state index is 0.0641. The Kier molecular flexibility index (Phi) is 19.0. The van der Waals surface area contributed by atoms with Crippen LogP contribution in [0.15, 0.2) is 127 Å². The lowest BCUT2D eigenvalue weighted by Gasteiger charge is -2.20. The molecule has 5 aromatic carbocycles. The van der Waals surface area contributed by atoms with Gasteiger partial charge in [-0.25, -0.2) is 0 Å². The number of rotatable bonds is 26. The topological polar surface area (TPSA) is 217 Å². The normalized spacial score (nSPS) is 13.6. The molecule has 0 radical (unpaired) electrons. The summed E-state index contributed by atoms with van der Waals surface area (Å²) in [5.41, 5.74) is 7.50. The third kappa shape index (κ3) is 15.2. The molecule has 0 fully saturated rings. The molecule has 14 nitrogen and oxygen atoms in total. The van der Waals surface area contributed by atoms with Crippen molar-refractivity contribution in [3.63, 3.8) is 0 Å². The van der Waals surface area contributed by atoms with E-state index in [0.717, 1.165) is 22.3 Å². The molecule has 0 aromatic heterocycles. The zero-order chi connectivity index (χ0) is 46.7. The van der Waals surface area contributed by atoms with E-state index in [1.165, 1.54) is 0 Å².